The van der Waals surface area contributed by atoms with Crippen molar-refractivity contribution in [2.75, 3.05) is 0 Å². The molecule has 0 bridgehead atoms. The van der Waals surface area contributed by atoms with Gasteiger partial charge in [-0.2, -0.15) is 4.73 Å². The van der Waals surface area contributed by atoms with Crippen LogP contribution in [0.5, 0.6) is 0 Å². The lowest BCUT2D eigenvalue weighted by atomic mass is 10.2. The van der Waals surface area contributed by atoms with E-state index in [0.29, 0.717) is 8.98 Å². The van der Waals surface area contributed by atoms with Crippen LogP contribution in [0.4, 0.5) is 0 Å². The largest absolute Gasteiger partial charge is 0.335 e. The van der Waals surface area contributed by atoms with Gasteiger partial charge in [0, 0.05) is 22.9 Å². The Balaban J connectivity index is 2.48. The molecule has 0 unspecified atom stereocenters. The number of hydrogen-bond donors (Lipinski definition) is 0. The number of benzene rings is 1. The van der Waals surface area contributed by atoms with Crippen molar-refractivity contribution in [2.45, 2.75) is 6.92 Å². The van der Waals surface area contributed by atoms with E-state index in [-0.39, 0.29) is 0 Å². The predicted octanol–water partition coefficient (Wildman–Crippen LogP) is 3.57. The second-order valence-electron chi connectivity index (χ2n) is 3.27. The van der Waals surface area contributed by atoms with Crippen LogP contribution in [0.25, 0.3) is 11.3 Å². The molecule has 1 aromatic heterocycles. The van der Waals surface area contributed by atoms with Gasteiger partial charge in [-0.15, -0.1) is 11.3 Å². The fraction of sp³-hybridized carbons (Fsp3) is 0.0909. The van der Waals surface area contributed by atoms with Crippen LogP contribution in [0.15, 0.2) is 29.6 Å². The Hall–Kier alpha value is -1.17. The maximum atomic E-state index is 11.0. The summed E-state index contributed by atoms with van der Waals surface area (Å²) in [7, 11) is 0. The van der Waals surface area contributed by atoms with E-state index < -0.39 is 5.97 Å². The molecule has 17 heavy (non-hydrogen) atoms. The van der Waals surface area contributed by atoms with E-state index in [4.69, 9.17) is 28.7 Å². The molecule has 0 aliphatic carbocycles. The minimum atomic E-state index is -0.408. The fourth-order valence-corrected chi connectivity index (χ4v) is 2.40. The molecule has 2 rings (SSSR count). The van der Waals surface area contributed by atoms with Crippen LogP contribution < -0.4 is 4.84 Å². The van der Waals surface area contributed by atoms with Crippen LogP contribution in [0.3, 0.4) is 0 Å². The van der Waals surface area contributed by atoms with Gasteiger partial charge in [-0.3, -0.25) is 0 Å². The van der Waals surface area contributed by atoms with Crippen LogP contribution in [-0.2, 0) is 4.79 Å². The van der Waals surface area contributed by atoms with Crippen molar-refractivity contribution in [3.8, 4) is 11.3 Å². The number of aromatic nitrogens is 1. The Morgan fingerprint density at radius 2 is 2.06 bits per heavy atom. The van der Waals surface area contributed by atoms with Gasteiger partial charge in [0.15, 0.2) is 3.95 Å². The highest BCUT2D eigenvalue weighted by molar-refractivity contribution is 7.73. The summed E-state index contributed by atoms with van der Waals surface area (Å²) in [5.74, 6) is -0.408. The normalized spacial score (nSPS) is 10.2. The van der Waals surface area contributed by atoms with Crippen molar-refractivity contribution in [2.24, 2.45) is 0 Å². The van der Waals surface area contributed by atoms with Crippen molar-refractivity contribution in [1.29, 1.82) is 0 Å². The van der Waals surface area contributed by atoms with Gasteiger partial charge in [0.05, 0.1) is 0 Å². The van der Waals surface area contributed by atoms with Gasteiger partial charge in [0.25, 0.3) is 0 Å². The molecule has 6 heteroatoms. The molecule has 2 aromatic rings. The van der Waals surface area contributed by atoms with Crippen LogP contribution in [0.2, 0.25) is 5.02 Å². The average molecular weight is 286 g/mol. The van der Waals surface area contributed by atoms with Crippen molar-refractivity contribution in [3.05, 3.63) is 38.6 Å². The smallest absolute Gasteiger partial charge is 0.329 e. The van der Waals surface area contributed by atoms with Gasteiger partial charge >= 0.3 is 5.97 Å². The Morgan fingerprint density at radius 1 is 1.41 bits per heavy atom. The lowest BCUT2D eigenvalue weighted by Crippen LogP contribution is -2.17. The number of carbonyl (C=O) groups excluding carboxylic acids is 1. The summed E-state index contributed by atoms with van der Waals surface area (Å²) < 4.78 is 1.84. The van der Waals surface area contributed by atoms with Gasteiger partial charge in [0.1, 0.15) is 5.69 Å². The molecule has 0 radical (unpaired) electrons. The minimum absolute atomic E-state index is 0.408. The number of rotatable bonds is 2. The van der Waals surface area contributed by atoms with E-state index in [9.17, 15) is 4.79 Å². The first-order chi connectivity index (χ1) is 8.08. The number of nitrogens with zero attached hydrogens (tertiary/aromatic N) is 1. The molecular formula is C11H8ClNO2S2. The first-order valence-corrected chi connectivity index (χ1v) is 6.40. The zero-order chi connectivity index (χ0) is 12.4. The lowest BCUT2D eigenvalue weighted by Gasteiger charge is -2.06. The van der Waals surface area contributed by atoms with Crippen molar-refractivity contribution < 1.29 is 9.63 Å². The Bertz CT molecular complexity index is 601. The summed E-state index contributed by atoms with van der Waals surface area (Å²) in [6.45, 7) is 1.34. The van der Waals surface area contributed by atoms with Crippen LogP contribution in [-0.4, -0.2) is 10.7 Å². The van der Waals surface area contributed by atoms with E-state index >= 15 is 0 Å². The highest BCUT2D eigenvalue weighted by atomic mass is 35.5. The summed E-state index contributed by atoms with van der Waals surface area (Å²) >= 11 is 12.3. The molecule has 1 heterocycles. The van der Waals surface area contributed by atoms with Gasteiger partial charge in [-0.05, 0) is 24.4 Å². The second kappa shape index (κ2) is 5.00. The maximum absolute atomic E-state index is 11.0. The molecule has 0 saturated carbocycles. The number of halogens is 1. The highest BCUT2D eigenvalue weighted by Gasteiger charge is 2.09. The second-order valence-corrected chi connectivity index (χ2v) is 5.21. The van der Waals surface area contributed by atoms with Crippen LogP contribution in [0, 0.1) is 3.95 Å². The van der Waals surface area contributed by atoms with E-state index in [1.807, 2.05) is 17.5 Å². The maximum Gasteiger partial charge on any atom is 0.329 e. The summed E-state index contributed by atoms with van der Waals surface area (Å²) in [5, 5.41) is 2.50. The standard InChI is InChI=1S/C11H8ClNO2S2/c1-7(14)15-13-10(6-17-11(13)16)8-2-4-9(12)5-3-8/h2-6H,1H3. The molecule has 0 atom stereocenters. The molecule has 88 valence electrons. The van der Waals surface area contributed by atoms with Gasteiger partial charge in [0.2, 0.25) is 0 Å². The predicted molar refractivity (Wildman–Crippen MR) is 70.9 cm³/mol. The van der Waals surface area contributed by atoms with Crippen molar-refractivity contribution in [1.82, 2.24) is 4.73 Å². The first kappa shape index (κ1) is 12.3. The number of thiazole rings is 1. The summed E-state index contributed by atoms with van der Waals surface area (Å²) in [6.07, 6.45) is 0. The SMILES string of the molecule is CC(=O)On1c(-c2ccc(Cl)cc2)csc1=S. The Morgan fingerprint density at radius 3 is 2.65 bits per heavy atom. The number of hydrogen-bond acceptors (Lipinski definition) is 4. The average Bonchev–Trinajstić information content (AvgIpc) is 2.61. The minimum Gasteiger partial charge on any atom is -0.335 e. The van der Waals surface area contributed by atoms with Gasteiger partial charge < -0.3 is 4.84 Å². The molecule has 0 N–H and O–H groups in total. The quantitative estimate of drug-likeness (QED) is 0.791. The zero-order valence-electron chi connectivity index (χ0n) is 8.84. The molecule has 0 saturated heterocycles. The molecule has 1 aromatic carbocycles. The van der Waals surface area contributed by atoms with Gasteiger partial charge in [-0.1, -0.05) is 23.7 Å². The first-order valence-electron chi connectivity index (χ1n) is 4.73. The van der Waals surface area contributed by atoms with E-state index in [1.54, 1.807) is 12.1 Å². The fourth-order valence-electron chi connectivity index (χ4n) is 1.32. The number of carbonyl (C=O) groups is 1. The summed E-state index contributed by atoms with van der Waals surface area (Å²) in [4.78, 5) is 16.0. The van der Waals surface area contributed by atoms with Crippen molar-refractivity contribution in [3.63, 3.8) is 0 Å². The molecule has 0 amide bonds. The highest BCUT2D eigenvalue weighted by Crippen LogP contribution is 2.24. The van der Waals surface area contributed by atoms with Gasteiger partial charge in [-0.25, -0.2) is 4.79 Å². The Kier molecular flexibility index (Phi) is 3.61. The van der Waals surface area contributed by atoms with Crippen molar-refractivity contribution >= 4 is 41.1 Å². The topological polar surface area (TPSA) is 31.2 Å². The monoisotopic (exact) mass is 285 g/mol. The van der Waals surface area contributed by atoms with E-state index in [1.165, 1.54) is 23.0 Å². The molecule has 0 aliphatic rings. The summed E-state index contributed by atoms with van der Waals surface area (Å²) in [6, 6.07) is 7.24. The lowest BCUT2D eigenvalue weighted by molar-refractivity contribution is -0.141. The third kappa shape index (κ3) is 2.74. The Labute approximate surface area is 112 Å². The van der Waals surface area contributed by atoms with Crippen LogP contribution in [0.1, 0.15) is 6.92 Å². The molecule has 3 nitrogen and oxygen atoms in total. The summed E-state index contributed by atoms with van der Waals surface area (Å²) in [5.41, 5.74) is 1.63. The third-order valence-electron chi connectivity index (χ3n) is 2.02. The van der Waals surface area contributed by atoms with E-state index in [0.717, 1.165) is 11.3 Å². The molecule has 0 fully saturated rings. The third-order valence-corrected chi connectivity index (χ3v) is 3.43. The molecule has 0 spiro atoms. The zero-order valence-corrected chi connectivity index (χ0v) is 11.2. The molecule has 0 aliphatic heterocycles. The van der Waals surface area contributed by atoms with Crippen LogP contribution >= 0.6 is 35.2 Å². The van der Waals surface area contributed by atoms with E-state index in [2.05, 4.69) is 0 Å². The molecular weight excluding hydrogens is 278 g/mol.